The van der Waals surface area contributed by atoms with E-state index in [0.29, 0.717) is 18.3 Å². The van der Waals surface area contributed by atoms with Crippen molar-refractivity contribution in [3.63, 3.8) is 0 Å². The number of carbonyl (C=O) groups excluding carboxylic acids is 2. The lowest BCUT2D eigenvalue weighted by atomic mass is 10.1. The quantitative estimate of drug-likeness (QED) is 0.185. The number of hydrogen-bond donors (Lipinski definition) is 3. The number of hydrogen-bond acceptors (Lipinski definition) is 11. The Hall–Kier alpha value is -2.34. The van der Waals surface area contributed by atoms with Crippen molar-refractivity contribution in [3.05, 3.63) is 52.1 Å². The van der Waals surface area contributed by atoms with Crippen LogP contribution in [-0.2, 0) is 40.7 Å². The summed E-state index contributed by atoms with van der Waals surface area (Å²) in [5, 5.41) is 9.77. The molecule has 0 bridgehead atoms. The van der Waals surface area contributed by atoms with E-state index in [1.54, 1.807) is 6.92 Å². The Morgan fingerprint density at radius 1 is 0.935 bits per heavy atom. The van der Waals surface area contributed by atoms with Gasteiger partial charge < -0.3 is 14.9 Å². The Labute approximate surface area is 175 Å². The molecule has 0 aromatic carbocycles. The molecule has 0 saturated carbocycles. The van der Waals surface area contributed by atoms with Crippen molar-refractivity contribution in [3.8, 4) is 5.75 Å². The molecular weight excluding hydrogens is 458 g/mol. The molecule has 2 aromatic rings. The lowest BCUT2D eigenvalue weighted by molar-refractivity contribution is -0.152. The molecule has 0 aliphatic heterocycles. The van der Waals surface area contributed by atoms with Crippen molar-refractivity contribution in [2.75, 3.05) is 0 Å². The van der Waals surface area contributed by atoms with Gasteiger partial charge in [-0.05, 0) is 19.9 Å². The molecule has 0 fully saturated rings. The molecule has 2 unspecified atom stereocenters. The second kappa shape index (κ2) is 10.3. The number of nitrogens with zero attached hydrogens (tertiary/aromatic N) is 2. The minimum absolute atomic E-state index is 0.0485. The molecule has 31 heavy (non-hydrogen) atoms. The monoisotopic (exact) mass is 476 g/mol. The van der Waals surface area contributed by atoms with E-state index in [4.69, 9.17) is 0 Å². The highest BCUT2D eigenvalue weighted by molar-refractivity contribution is 7.49. The van der Waals surface area contributed by atoms with Gasteiger partial charge in [-0.3, -0.25) is 28.6 Å². The maximum absolute atomic E-state index is 11.9. The Morgan fingerprint density at radius 3 is 2.03 bits per heavy atom. The number of aldehydes is 2. The van der Waals surface area contributed by atoms with Gasteiger partial charge in [0.15, 0.2) is 12.6 Å². The largest absolute Gasteiger partial charge is 0.505 e. The number of phosphoric acid groups is 2. The molecule has 3 N–H and O–H groups in total. The highest BCUT2D eigenvalue weighted by atomic mass is 31.2. The van der Waals surface area contributed by atoms with Crippen LogP contribution < -0.4 is 0 Å². The highest BCUT2D eigenvalue weighted by Crippen LogP contribution is 2.53. The third-order valence-corrected chi connectivity index (χ3v) is 5.30. The number of carbonyl (C=O) groups is 2. The molecule has 0 aliphatic rings. The van der Waals surface area contributed by atoms with Crippen molar-refractivity contribution < 1.29 is 52.0 Å². The second-order valence-corrected chi connectivity index (χ2v) is 8.71. The van der Waals surface area contributed by atoms with Crippen molar-refractivity contribution in [1.29, 1.82) is 0 Å². The smallest absolute Gasteiger partial charge is 0.500 e. The first-order chi connectivity index (χ1) is 14.5. The molecule has 168 valence electrons. The predicted octanol–water partition coefficient (Wildman–Crippen LogP) is 2.31. The minimum atomic E-state index is -5.06. The summed E-state index contributed by atoms with van der Waals surface area (Å²) in [4.78, 5) is 49.0. The van der Waals surface area contributed by atoms with Gasteiger partial charge in [0, 0.05) is 34.8 Å². The summed E-state index contributed by atoms with van der Waals surface area (Å²) in [5.41, 5.74) is 0.735. The summed E-state index contributed by atoms with van der Waals surface area (Å²) < 4.78 is 40.9. The molecular formula is C16H18N2O11P2. The van der Waals surface area contributed by atoms with Gasteiger partial charge >= 0.3 is 15.6 Å². The van der Waals surface area contributed by atoms with Gasteiger partial charge in [-0.25, -0.2) is 9.13 Å². The van der Waals surface area contributed by atoms with Crippen LogP contribution in [0.4, 0.5) is 0 Å². The molecule has 0 aliphatic carbocycles. The number of pyridine rings is 2. The molecule has 2 aromatic heterocycles. The van der Waals surface area contributed by atoms with Gasteiger partial charge in [0.25, 0.3) is 0 Å². The maximum atomic E-state index is 11.9. The zero-order chi connectivity index (χ0) is 23.2. The van der Waals surface area contributed by atoms with E-state index in [0.717, 1.165) is 6.20 Å². The normalized spacial score (nSPS) is 15.1. The molecule has 0 saturated heterocycles. The molecule has 2 atom stereocenters. The van der Waals surface area contributed by atoms with E-state index in [-0.39, 0.29) is 27.9 Å². The summed E-state index contributed by atoms with van der Waals surface area (Å²) in [5.74, 6) is -0.436. The summed E-state index contributed by atoms with van der Waals surface area (Å²) in [6.45, 7) is 1.76. The maximum Gasteiger partial charge on any atom is 0.500 e. The van der Waals surface area contributed by atoms with E-state index < -0.39 is 34.6 Å². The van der Waals surface area contributed by atoms with Gasteiger partial charge in [-0.15, -0.1) is 9.35 Å². The van der Waals surface area contributed by atoms with Crippen LogP contribution in [0.5, 0.6) is 5.75 Å². The Morgan fingerprint density at radius 2 is 1.48 bits per heavy atom. The summed E-state index contributed by atoms with van der Waals surface area (Å²) in [6, 6.07) is 1.42. The van der Waals surface area contributed by atoms with Crippen molar-refractivity contribution in [1.82, 2.24) is 9.97 Å². The van der Waals surface area contributed by atoms with Crippen LogP contribution in [0, 0.1) is 13.8 Å². The number of aromatic hydroxyl groups is 1. The molecule has 0 amide bonds. The minimum Gasteiger partial charge on any atom is -0.505 e. The van der Waals surface area contributed by atoms with Crippen molar-refractivity contribution in [2.45, 2.75) is 27.1 Å². The second-order valence-electron chi connectivity index (χ2n) is 6.02. The average Bonchev–Trinajstić information content (AvgIpc) is 2.72. The first-order valence-electron chi connectivity index (χ1n) is 8.34. The Bertz CT molecular complexity index is 1080. The fraction of sp³-hybridized carbons (Fsp3) is 0.250. The summed E-state index contributed by atoms with van der Waals surface area (Å²) in [7, 11) is -10.1. The van der Waals surface area contributed by atoms with Crippen LogP contribution in [0.3, 0.4) is 0 Å². The van der Waals surface area contributed by atoms with Crippen molar-refractivity contribution in [2.24, 2.45) is 0 Å². The molecule has 15 heteroatoms. The van der Waals surface area contributed by atoms with Crippen LogP contribution in [0.2, 0.25) is 0 Å². The van der Waals surface area contributed by atoms with Gasteiger partial charge in [0.2, 0.25) is 0 Å². The van der Waals surface area contributed by atoms with Crippen LogP contribution in [-0.4, -0.2) is 37.4 Å². The fourth-order valence-electron chi connectivity index (χ4n) is 2.17. The third-order valence-electron chi connectivity index (χ3n) is 3.75. The van der Waals surface area contributed by atoms with Gasteiger partial charge in [0.1, 0.15) is 5.75 Å². The van der Waals surface area contributed by atoms with Gasteiger partial charge in [-0.2, -0.15) is 0 Å². The lowest BCUT2D eigenvalue weighted by Gasteiger charge is -2.15. The molecule has 2 rings (SSSR count). The van der Waals surface area contributed by atoms with E-state index in [1.807, 2.05) is 0 Å². The van der Waals surface area contributed by atoms with Crippen molar-refractivity contribution >= 4 is 28.2 Å². The standard InChI is InChI=1S/C16H18N2O11P2/c1-10-3-12(6-19)13(4-17-10)8-26-30(22,23)28-29-31(24,25)27-9-14-5-18-11(2)16(21)15(14)7-20/h3-7,21H,8-9H2,1-2H3,(H,22,23)(H,24,25). The number of rotatable bonds is 11. The van der Waals surface area contributed by atoms with E-state index in [1.165, 1.54) is 19.2 Å². The number of phosphoric ester groups is 2. The molecule has 2 heterocycles. The molecule has 0 spiro atoms. The first-order valence-corrected chi connectivity index (χ1v) is 11.3. The Balaban J connectivity index is 1.96. The lowest BCUT2D eigenvalue weighted by Crippen LogP contribution is -2.03. The highest BCUT2D eigenvalue weighted by Gasteiger charge is 2.32. The van der Waals surface area contributed by atoms with Crippen LogP contribution in [0.25, 0.3) is 0 Å². The average molecular weight is 476 g/mol. The summed E-state index contributed by atoms with van der Waals surface area (Å²) >= 11 is 0. The van der Waals surface area contributed by atoms with Crippen LogP contribution in [0.1, 0.15) is 43.2 Å². The summed E-state index contributed by atoms with van der Waals surface area (Å²) in [6.07, 6.45) is 3.16. The van der Waals surface area contributed by atoms with Gasteiger partial charge in [0.05, 0.1) is 24.5 Å². The fourth-order valence-corrected chi connectivity index (χ4v) is 3.53. The van der Waals surface area contributed by atoms with Crippen LogP contribution in [0.15, 0.2) is 18.5 Å². The van der Waals surface area contributed by atoms with E-state index in [2.05, 4.69) is 28.4 Å². The molecule has 13 nitrogen and oxygen atoms in total. The predicted molar refractivity (Wildman–Crippen MR) is 102 cm³/mol. The molecule has 0 radical (unpaired) electrons. The third kappa shape index (κ3) is 7.10. The zero-order valence-electron chi connectivity index (χ0n) is 16.2. The van der Waals surface area contributed by atoms with Gasteiger partial charge in [-0.1, -0.05) is 0 Å². The van der Waals surface area contributed by atoms with E-state index in [9.17, 15) is 33.6 Å². The topological polar surface area (TPSA) is 192 Å². The number of aromatic nitrogens is 2. The van der Waals surface area contributed by atoms with Crippen LogP contribution >= 0.6 is 15.6 Å². The van der Waals surface area contributed by atoms with E-state index >= 15 is 0 Å². The Kier molecular flexibility index (Phi) is 8.29. The number of aryl methyl sites for hydroxylation is 2. The SMILES string of the molecule is Cc1cc(C=O)c(COP(=O)(O)OOP(=O)(O)OCc2cnc(C)c(O)c2C=O)cn1. The first kappa shape index (κ1) is 24.9. The zero-order valence-corrected chi connectivity index (χ0v) is 18.0.